The molecule has 2 aliphatic rings. The number of piperidine rings is 1. The van der Waals surface area contributed by atoms with Crippen LogP contribution in [0, 0.1) is 10.8 Å². The molecule has 0 aromatic rings. The third-order valence-electron chi connectivity index (χ3n) is 4.47. The predicted molar refractivity (Wildman–Crippen MR) is 69.5 cm³/mol. The highest BCUT2D eigenvalue weighted by molar-refractivity contribution is 9.09. The van der Waals surface area contributed by atoms with Crippen LogP contribution >= 0.6 is 15.9 Å². The van der Waals surface area contributed by atoms with Gasteiger partial charge in [-0.2, -0.15) is 0 Å². The highest BCUT2D eigenvalue weighted by Crippen LogP contribution is 2.44. The lowest BCUT2D eigenvalue weighted by atomic mass is 9.69. The number of alkyl halides is 1. The van der Waals surface area contributed by atoms with Gasteiger partial charge in [-0.3, -0.25) is 0 Å². The normalized spacial score (nSPS) is 29.8. The Bertz CT molecular complexity index is 205. The summed E-state index contributed by atoms with van der Waals surface area (Å²) in [5.41, 5.74) is 1.24. The third kappa shape index (κ3) is 2.76. The fourth-order valence-corrected chi connectivity index (χ4v) is 3.54. The lowest BCUT2D eigenvalue weighted by molar-refractivity contribution is 0.0519. The molecule has 2 rings (SSSR count). The van der Waals surface area contributed by atoms with E-state index in [0.717, 1.165) is 0 Å². The first-order chi connectivity index (χ1) is 7.05. The molecule has 0 aromatic heterocycles. The Hall–Kier alpha value is 0.440. The van der Waals surface area contributed by atoms with Crippen molar-refractivity contribution in [3.8, 4) is 0 Å². The predicted octanol–water partition coefficient (Wildman–Crippen LogP) is 3.67. The maximum Gasteiger partial charge on any atom is 0.0100 e. The van der Waals surface area contributed by atoms with Gasteiger partial charge >= 0.3 is 0 Å². The van der Waals surface area contributed by atoms with Crippen molar-refractivity contribution in [2.24, 2.45) is 10.8 Å². The number of hydrogen-bond acceptors (Lipinski definition) is 1. The maximum atomic E-state index is 3.71. The van der Waals surface area contributed by atoms with Gasteiger partial charge in [-0.15, -0.1) is 0 Å². The van der Waals surface area contributed by atoms with E-state index in [-0.39, 0.29) is 0 Å². The summed E-state index contributed by atoms with van der Waals surface area (Å²) in [7, 11) is 0. The molecule has 1 aliphatic carbocycles. The molecule has 1 aliphatic heterocycles. The van der Waals surface area contributed by atoms with E-state index in [1.54, 1.807) is 0 Å². The van der Waals surface area contributed by atoms with E-state index in [0.29, 0.717) is 10.8 Å². The van der Waals surface area contributed by atoms with Crippen molar-refractivity contribution in [3.05, 3.63) is 0 Å². The Balaban J connectivity index is 1.81. The van der Waals surface area contributed by atoms with Gasteiger partial charge in [0, 0.05) is 11.9 Å². The number of likely N-dealkylation sites (tertiary alicyclic amines) is 1. The summed E-state index contributed by atoms with van der Waals surface area (Å²) in [6.45, 7) is 8.81. The fourth-order valence-electron chi connectivity index (χ4n) is 2.80. The molecule has 0 radical (unpaired) electrons. The second-order valence-electron chi connectivity index (χ2n) is 6.43. The van der Waals surface area contributed by atoms with Crippen molar-refractivity contribution in [3.63, 3.8) is 0 Å². The summed E-state index contributed by atoms with van der Waals surface area (Å²) in [4.78, 5) is 2.70. The van der Waals surface area contributed by atoms with Crippen LogP contribution in [0.3, 0.4) is 0 Å². The molecule has 0 unspecified atom stereocenters. The summed E-state index contributed by atoms with van der Waals surface area (Å²) in [6, 6.07) is 0. The molecular weight excluding hydrogens is 250 g/mol. The summed E-state index contributed by atoms with van der Waals surface area (Å²) < 4.78 is 0. The SMILES string of the molecule is CC1(C)CCN(CC2(CBr)CCC2)CC1. The average molecular weight is 274 g/mol. The molecule has 0 amide bonds. The molecule has 88 valence electrons. The molecule has 1 heterocycles. The molecular formula is C13H24BrN. The van der Waals surface area contributed by atoms with Crippen molar-refractivity contribution in [2.45, 2.75) is 46.0 Å². The molecule has 15 heavy (non-hydrogen) atoms. The minimum atomic E-state index is 0.595. The van der Waals surface area contributed by atoms with Crippen LogP contribution < -0.4 is 0 Å². The van der Waals surface area contributed by atoms with E-state index in [9.17, 15) is 0 Å². The molecule has 1 saturated heterocycles. The summed E-state index contributed by atoms with van der Waals surface area (Å²) in [5.74, 6) is 0. The minimum Gasteiger partial charge on any atom is -0.303 e. The zero-order valence-corrected chi connectivity index (χ0v) is 11.8. The van der Waals surface area contributed by atoms with Crippen LogP contribution in [0.15, 0.2) is 0 Å². The largest absolute Gasteiger partial charge is 0.303 e. The topological polar surface area (TPSA) is 3.24 Å². The monoisotopic (exact) mass is 273 g/mol. The number of hydrogen-bond donors (Lipinski definition) is 0. The first kappa shape index (κ1) is 11.9. The van der Waals surface area contributed by atoms with E-state index in [2.05, 4.69) is 34.7 Å². The maximum absolute atomic E-state index is 3.71. The van der Waals surface area contributed by atoms with Crippen LogP contribution in [0.2, 0.25) is 0 Å². The molecule has 0 N–H and O–H groups in total. The Morgan fingerprint density at radius 3 is 2.07 bits per heavy atom. The van der Waals surface area contributed by atoms with Crippen molar-refractivity contribution in [1.82, 2.24) is 4.90 Å². The summed E-state index contributed by atoms with van der Waals surface area (Å²) in [5, 5.41) is 1.21. The van der Waals surface area contributed by atoms with Gasteiger partial charge in [0.1, 0.15) is 0 Å². The number of halogens is 1. The van der Waals surface area contributed by atoms with Gasteiger partial charge in [0.15, 0.2) is 0 Å². The lowest BCUT2D eigenvalue weighted by Crippen LogP contribution is -2.47. The second-order valence-corrected chi connectivity index (χ2v) is 6.99. The van der Waals surface area contributed by atoms with E-state index < -0.39 is 0 Å². The molecule has 0 bridgehead atoms. The summed E-state index contributed by atoms with van der Waals surface area (Å²) >= 11 is 3.71. The van der Waals surface area contributed by atoms with Gasteiger partial charge < -0.3 is 4.90 Å². The quantitative estimate of drug-likeness (QED) is 0.710. The van der Waals surface area contributed by atoms with Gasteiger partial charge in [0.2, 0.25) is 0 Å². The fraction of sp³-hybridized carbons (Fsp3) is 1.00. The average Bonchev–Trinajstić information content (AvgIpc) is 2.14. The molecule has 0 spiro atoms. The zero-order chi connectivity index (χ0) is 10.9. The van der Waals surface area contributed by atoms with Crippen LogP contribution in [0.25, 0.3) is 0 Å². The lowest BCUT2D eigenvalue weighted by Gasteiger charge is -2.47. The van der Waals surface area contributed by atoms with Crippen molar-refractivity contribution in [1.29, 1.82) is 0 Å². The Morgan fingerprint density at radius 2 is 1.67 bits per heavy atom. The standard InChI is InChI=1S/C13H24BrN/c1-12(2)6-8-15(9-7-12)11-13(10-14)4-3-5-13/h3-11H2,1-2H3. The van der Waals surface area contributed by atoms with E-state index in [4.69, 9.17) is 0 Å². The first-order valence-corrected chi connectivity index (χ1v) is 7.46. The zero-order valence-electron chi connectivity index (χ0n) is 10.2. The van der Waals surface area contributed by atoms with Crippen molar-refractivity contribution in [2.75, 3.05) is 25.0 Å². The van der Waals surface area contributed by atoms with Gasteiger partial charge in [-0.1, -0.05) is 36.2 Å². The van der Waals surface area contributed by atoms with Crippen LogP contribution in [-0.2, 0) is 0 Å². The van der Waals surface area contributed by atoms with Gasteiger partial charge in [0.25, 0.3) is 0 Å². The van der Waals surface area contributed by atoms with Crippen LogP contribution in [0.4, 0.5) is 0 Å². The van der Waals surface area contributed by atoms with E-state index in [1.165, 1.54) is 57.1 Å². The van der Waals surface area contributed by atoms with Crippen LogP contribution in [0.1, 0.15) is 46.0 Å². The third-order valence-corrected chi connectivity index (χ3v) is 5.66. The molecule has 0 atom stereocenters. The van der Waals surface area contributed by atoms with E-state index in [1.807, 2.05) is 0 Å². The molecule has 2 fully saturated rings. The van der Waals surface area contributed by atoms with Crippen molar-refractivity contribution >= 4 is 15.9 Å². The van der Waals surface area contributed by atoms with Crippen LogP contribution in [0.5, 0.6) is 0 Å². The number of nitrogens with zero attached hydrogens (tertiary/aromatic N) is 1. The highest BCUT2D eigenvalue weighted by Gasteiger charge is 2.38. The van der Waals surface area contributed by atoms with E-state index >= 15 is 0 Å². The first-order valence-electron chi connectivity index (χ1n) is 6.34. The van der Waals surface area contributed by atoms with Gasteiger partial charge in [0.05, 0.1) is 0 Å². The summed E-state index contributed by atoms with van der Waals surface area (Å²) in [6.07, 6.45) is 7.10. The molecule has 1 saturated carbocycles. The highest BCUT2D eigenvalue weighted by atomic mass is 79.9. The Morgan fingerprint density at radius 1 is 1.07 bits per heavy atom. The minimum absolute atomic E-state index is 0.595. The van der Waals surface area contributed by atoms with Gasteiger partial charge in [-0.05, 0) is 49.6 Å². The second kappa shape index (κ2) is 4.37. The Labute approximate surface area is 103 Å². The smallest absolute Gasteiger partial charge is 0.0100 e. The van der Waals surface area contributed by atoms with Gasteiger partial charge in [-0.25, -0.2) is 0 Å². The molecule has 2 heteroatoms. The molecule has 0 aromatic carbocycles. The molecule has 1 nitrogen and oxygen atoms in total. The van der Waals surface area contributed by atoms with Crippen LogP contribution in [-0.4, -0.2) is 29.9 Å². The number of rotatable bonds is 3. The van der Waals surface area contributed by atoms with Crippen molar-refractivity contribution < 1.29 is 0 Å². The Kier molecular flexibility index (Phi) is 3.47.